The number of benzene rings is 1. The normalized spacial score (nSPS) is 10.0. The third-order valence-electron chi connectivity index (χ3n) is 1.59. The fraction of sp³-hybridized carbons (Fsp3) is 0.0909. The van der Waals surface area contributed by atoms with Gasteiger partial charge in [-0.3, -0.25) is 4.79 Å². The number of nitrogens with one attached hydrogen (secondary N) is 1. The van der Waals surface area contributed by atoms with Crippen molar-refractivity contribution in [2.45, 2.75) is 0 Å². The van der Waals surface area contributed by atoms with Gasteiger partial charge in [0.1, 0.15) is 6.29 Å². The highest BCUT2D eigenvalue weighted by atomic mass is 16.2. The molecule has 0 radical (unpaired) electrons. The average Bonchev–Trinajstić information content (AvgIpc) is 2.25. The zero-order valence-electron chi connectivity index (χ0n) is 7.64. The highest BCUT2D eigenvalue weighted by Crippen LogP contribution is 2.00. The van der Waals surface area contributed by atoms with Crippen molar-refractivity contribution in [1.82, 2.24) is 5.32 Å². The molecule has 1 amide bonds. The summed E-state index contributed by atoms with van der Waals surface area (Å²) in [6.45, 7) is 0.0535. The first-order valence-electron chi connectivity index (χ1n) is 4.27. The fourth-order valence-corrected chi connectivity index (χ4v) is 0.937. The third kappa shape index (κ3) is 3.67. The van der Waals surface area contributed by atoms with Crippen molar-refractivity contribution < 1.29 is 9.59 Å². The molecule has 0 spiro atoms. The fourth-order valence-electron chi connectivity index (χ4n) is 0.937. The Kier molecular flexibility index (Phi) is 4.14. The molecule has 0 saturated carbocycles. The minimum absolute atomic E-state index is 0.0535. The van der Waals surface area contributed by atoms with Crippen LogP contribution < -0.4 is 5.32 Å². The smallest absolute Gasteiger partial charge is 0.244 e. The summed E-state index contributed by atoms with van der Waals surface area (Å²) in [5.74, 6) is -0.263. The number of hydrogen-bond donors (Lipinski definition) is 1. The molecule has 0 atom stereocenters. The third-order valence-corrected chi connectivity index (χ3v) is 1.59. The molecular formula is C11H11NO2. The Balaban J connectivity index is 2.48. The van der Waals surface area contributed by atoms with E-state index < -0.39 is 0 Å². The summed E-state index contributed by atoms with van der Waals surface area (Å²) in [7, 11) is 0. The monoisotopic (exact) mass is 189 g/mol. The maximum Gasteiger partial charge on any atom is 0.244 e. The van der Waals surface area contributed by atoms with Gasteiger partial charge in [0.05, 0.1) is 6.54 Å². The van der Waals surface area contributed by atoms with E-state index in [0.29, 0.717) is 6.29 Å². The summed E-state index contributed by atoms with van der Waals surface area (Å²) in [5, 5.41) is 2.41. The SMILES string of the molecule is O=CCNC(=O)C=Cc1ccccc1. The molecule has 0 aliphatic rings. The number of carbonyl (C=O) groups is 2. The Morgan fingerprint density at radius 3 is 2.64 bits per heavy atom. The van der Waals surface area contributed by atoms with E-state index in [9.17, 15) is 9.59 Å². The molecule has 0 bridgehead atoms. The highest BCUT2D eigenvalue weighted by molar-refractivity contribution is 5.92. The van der Waals surface area contributed by atoms with Crippen LogP contribution in [0.5, 0.6) is 0 Å². The second-order valence-electron chi connectivity index (χ2n) is 2.66. The van der Waals surface area contributed by atoms with Gasteiger partial charge >= 0.3 is 0 Å². The van der Waals surface area contributed by atoms with Crippen LogP contribution in [0.3, 0.4) is 0 Å². The summed E-state index contributed by atoms with van der Waals surface area (Å²) in [4.78, 5) is 21.0. The largest absolute Gasteiger partial charge is 0.346 e. The Morgan fingerprint density at radius 1 is 1.29 bits per heavy atom. The maximum atomic E-state index is 11.0. The predicted octanol–water partition coefficient (Wildman–Crippen LogP) is 1.01. The zero-order chi connectivity index (χ0) is 10.2. The van der Waals surface area contributed by atoms with Gasteiger partial charge in [-0.05, 0) is 11.6 Å². The lowest BCUT2D eigenvalue weighted by Gasteiger charge is -1.94. The van der Waals surface area contributed by atoms with Crippen LogP contribution in [0.1, 0.15) is 5.56 Å². The number of hydrogen-bond acceptors (Lipinski definition) is 2. The van der Waals surface area contributed by atoms with E-state index in [4.69, 9.17) is 0 Å². The van der Waals surface area contributed by atoms with Crippen LogP contribution in [0.2, 0.25) is 0 Å². The molecule has 1 aromatic rings. The first kappa shape index (κ1) is 10.2. The number of aldehydes is 1. The van der Waals surface area contributed by atoms with E-state index in [2.05, 4.69) is 5.32 Å². The molecule has 0 saturated heterocycles. The molecule has 0 aliphatic carbocycles. The molecule has 3 heteroatoms. The van der Waals surface area contributed by atoms with E-state index in [1.54, 1.807) is 6.08 Å². The molecule has 14 heavy (non-hydrogen) atoms. The van der Waals surface area contributed by atoms with Crippen LogP contribution in [0, 0.1) is 0 Å². The van der Waals surface area contributed by atoms with Gasteiger partial charge in [0.2, 0.25) is 5.91 Å². The predicted molar refractivity (Wildman–Crippen MR) is 54.5 cm³/mol. The lowest BCUT2D eigenvalue weighted by Crippen LogP contribution is -2.22. The molecule has 0 aliphatic heterocycles. The summed E-state index contributed by atoms with van der Waals surface area (Å²) >= 11 is 0. The zero-order valence-corrected chi connectivity index (χ0v) is 7.64. The van der Waals surface area contributed by atoms with Crippen molar-refractivity contribution in [3.05, 3.63) is 42.0 Å². The lowest BCUT2D eigenvalue weighted by molar-refractivity contribution is -0.118. The van der Waals surface area contributed by atoms with Crippen LogP contribution in [0.4, 0.5) is 0 Å². The first-order chi connectivity index (χ1) is 6.83. The Bertz CT molecular complexity index is 330. The van der Waals surface area contributed by atoms with Crippen LogP contribution >= 0.6 is 0 Å². The summed E-state index contributed by atoms with van der Waals surface area (Å²) in [5.41, 5.74) is 0.953. The Hall–Kier alpha value is -1.90. The summed E-state index contributed by atoms with van der Waals surface area (Å²) in [6.07, 6.45) is 3.74. The van der Waals surface area contributed by atoms with Gasteiger partial charge in [-0.25, -0.2) is 0 Å². The maximum absolute atomic E-state index is 11.0. The van der Waals surface area contributed by atoms with Crippen molar-refractivity contribution in [3.63, 3.8) is 0 Å². The molecule has 72 valence electrons. The van der Waals surface area contributed by atoms with Crippen molar-refractivity contribution >= 4 is 18.3 Å². The van der Waals surface area contributed by atoms with Gasteiger partial charge in [0.15, 0.2) is 0 Å². The van der Waals surface area contributed by atoms with Crippen LogP contribution in [0.15, 0.2) is 36.4 Å². The summed E-state index contributed by atoms with van der Waals surface area (Å²) in [6, 6.07) is 9.48. The topological polar surface area (TPSA) is 46.2 Å². The van der Waals surface area contributed by atoms with Crippen LogP contribution in [-0.4, -0.2) is 18.7 Å². The Morgan fingerprint density at radius 2 is 2.00 bits per heavy atom. The van der Waals surface area contributed by atoms with E-state index in [0.717, 1.165) is 5.56 Å². The van der Waals surface area contributed by atoms with E-state index in [-0.39, 0.29) is 12.5 Å². The van der Waals surface area contributed by atoms with E-state index >= 15 is 0 Å². The molecule has 1 aromatic carbocycles. The van der Waals surface area contributed by atoms with Gasteiger partial charge in [-0.2, -0.15) is 0 Å². The minimum atomic E-state index is -0.263. The van der Waals surface area contributed by atoms with Crippen LogP contribution in [-0.2, 0) is 9.59 Å². The highest BCUT2D eigenvalue weighted by Gasteiger charge is 1.91. The Labute approximate surface area is 82.4 Å². The van der Waals surface area contributed by atoms with Gasteiger partial charge < -0.3 is 10.1 Å². The first-order valence-corrected chi connectivity index (χ1v) is 4.27. The molecule has 0 aromatic heterocycles. The number of amides is 1. The van der Waals surface area contributed by atoms with Crippen molar-refractivity contribution in [2.24, 2.45) is 0 Å². The minimum Gasteiger partial charge on any atom is -0.346 e. The van der Waals surface area contributed by atoms with Crippen molar-refractivity contribution in [2.75, 3.05) is 6.54 Å². The molecule has 0 unspecified atom stereocenters. The van der Waals surface area contributed by atoms with Gasteiger partial charge in [-0.15, -0.1) is 0 Å². The second-order valence-corrected chi connectivity index (χ2v) is 2.66. The van der Waals surface area contributed by atoms with Gasteiger partial charge in [-0.1, -0.05) is 30.3 Å². The second kappa shape index (κ2) is 5.70. The molecule has 3 nitrogen and oxygen atoms in total. The molecule has 0 heterocycles. The number of carbonyl (C=O) groups excluding carboxylic acids is 2. The quantitative estimate of drug-likeness (QED) is 0.567. The van der Waals surface area contributed by atoms with E-state index in [1.165, 1.54) is 6.08 Å². The average molecular weight is 189 g/mol. The van der Waals surface area contributed by atoms with Crippen LogP contribution in [0.25, 0.3) is 6.08 Å². The molecular weight excluding hydrogens is 178 g/mol. The molecule has 1 N–H and O–H groups in total. The van der Waals surface area contributed by atoms with Crippen molar-refractivity contribution in [3.8, 4) is 0 Å². The lowest BCUT2D eigenvalue weighted by atomic mass is 10.2. The molecule has 1 rings (SSSR count). The van der Waals surface area contributed by atoms with Gasteiger partial charge in [0.25, 0.3) is 0 Å². The van der Waals surface area contributed by atoms with Crippen molar-refractivity contribution in [1.29, 1.82) is 0 Å². The number of rotatable bonds is 4. The van der Waals surface area contributed by atoms with E-state index in [1.807, 2.05) is 30.3 Å². The molecule has 0 fully saturated rings. The summed E-state index contributed by atoms with van der Waals surface area (Å²) < 4.78 is 0. The van der Waals surface area contributed by atoms with Gasteiger partial charge in [0, 0.05) is 6.08 Å². The standard InChI is InChI=1S/C11H11NO2/c13-9-8-12-11(14)7-6-10-4-2-1-3-5-10/h1-7,9H,8H2,(H,12,14).